The van der Waals surface area contributed by atoms with Gasteiger partial charge in [0.1, 0.15) is 53.7 Å². The standard InChI is InChI=1S/2C29H28O2P.C8H3BF6O3/c2*1-23(2)31-29(30)25-20-18-24(19-21-25)22-32(26-12-6-3-7-13-26,27-14-8-4-9-15-27)28-16-10-5-11-17-28;10-7(11,12)4-1-5(8(13,14)15)3-6(2-4)18-9(16)17/h2*3-21,23H,22H2,1-2H3;1-3H/q2*+1;-2. The third-order valence-corrected chi connectivity index (χ3v) is 21.6. The number of hydrogen-bond acceptors (Lipinski definition) is 7. The molecule has 0 atom stereocenters. The molecule has 0 radical (unpaired) electrons. The number of hydrogen-bond donors (Lipinski definition) is 0. The van der Waals surface area contributed by atoms with E-state index in [1.165, 1.54) is 43.0 Å². The van der Waals surface area contributed by atoms with Crippen LogP contribution < -0.4 is 46.5 Å². The van der Waals surface area contributed by atoms with Crippen molar-refractivity contribution in [3.05, 3.63) is 282 Å². The highest BCUT2D eigenvalue weighted by molar-refractivity contribution is 7.95. The maximum absolute atomic E-state index is 12.3. The van der Waals surface area contributed by atoms with Crippen LogP contribution in [-0.4, -0.2) is 31.5 Å². The molecule has 7 nitrogen and oxygen atoms in total. The van der Waals surface area contributed by atoms with Gasteiger partial charge in [0.2, 0.25) is 0 Å². The Bertz CT molecular complexity index is 3000. The highest BCUT2D eigenvalue weighted by atomic mass is 31.2. The van der Waals surface area contributed by atoms with Crippen LogP contribution in [0.2, 0.25) is 0 Å². The van der Waals surface area contributed by atoms with E-state index < -0.39 is 51.1 Å². The number of benzene rings is 9. The van der Waals surface area contributed by atoms with Crippen LogP contribution in [0.4, 0.5) is 26.3 Å². The van der Waals surface area contributed by atoms with Crippen molar-refractivity contribution < 1.29 is 60.1 Å². The molecule has 9 aromatic carbocycles. The third kappa shape index (κ3) is 16.2. The second-order valence-corrected chi connectivity index (χ2v) is 26.4. The van der Waals surface area contributed by atoms with Crippen LogP contribution in [0.25, 0.3) is 0 Å². The topological polar surface area (TPSA) is 108 Å². The molecule has 0 saturated carbocycles. The minimum Gasteiger partial charge on any atom is -0.860 e. The summed E-state index contributed by atoms with van der Waals surface area (Å²) in [7, 11) is -6.92. The number of halogens is 6. The minimum atomic E-state index is -5.05. The smallest absolute Gasteiger partial charge is 0.416 e. The summed E-state index contributed by atoms with van der Waals surface area (Å²) in [5, 5.41) is 28.2. The van der Waals surface area contributed by atoms with Gasteiger partial charge in [-0.2, -0.15) is 26.3 Å². The highest BCUT2D eigenvalue weighted by Gasteiger charge is 2.47. The fourth-order valence-electron chi connectivity index (χ4n) is 9.25. The zero-order chi connectivity index (χ0) is 58.9. The van der Waals surface area contributed by atoms with E-state index in [2.05, 4.69) is 211 Å². The summed E-state index contributed by atoms with van der Waals surface area (Å²) in [6.45, 7) is 7.46. The van der Waals surface area contributed by atoms with Crippen molar-refractivity contribution in [2.45, 2.75) is 64.6 Å². The fourth-order valence-corrected chi connectivity index (χ4v) is 17.7. The summed E-state index contributed by atoms with van der Waals surface area (Å²) < 4.78 is 88.2. The Morgan fingerprint density at radius 2 is 0.646 bits per heavy atom. The Morgan fingerprint density at radius 3 is 0.854 bits per heavy atom. The lowest BCUT2D eigenvalue weighted by Gasteiger charge is -2.28. The lowest BCUT2D eigenvalue weighted by molar-refractivity contribution is -0.372. The first-order valence-corrected chi connectivity index (χ1v) is 30.1. The van der Waals surface area contributed by atoms with Gasteiger partial charge in [-0.05, 0) is 154 Å². The van der Waals surface area contributed by atoms with E-state index >= 15 is 0 Å². The van der Waals surface area contributed by atoms with Crippen molar-refractivity contribution in [3.63, 3.8) is 0 Å². The number of alkyl halides is 6. The molecule has 0 fully saturated rings. The van der Waals surface area contributed by atoms with Crippen LogP contribution in [0, 0.1) is 0 Å². The predicted octanol–water partition coefficient (Wildman–Crippen LogP) is 12.3. The van der Waals surface area contributed by atoms with Gasteiger partial charge in [0.15, 0.2) is 0 Å². The lowest BCUT2D eigenvalue weighted by Crippen LogP contribution is -2.50. The third-order valence-electron chi connectivity index (χ3n) is 12.9. The first-order chi connectivity index (χ1) is 39.2. The fraction of sp³-hybridized carbons (Fsp3) is 0.152. The first kappa shape index (κ1) is 61.8. The largest absolute Gasteiger partial charge is 0.860 e. The van der Waals surface area contributed by atoms with Crippen molar-refractivity contribution in [1.82, 2.24) is 0 Å². The molecule has 0 bridgehead atoms. The number of ether oxygens (including phenoxy) is 2. The monoisotopic (exact) mass is 1150 g/mol. The first-order valence-electron chi connectivity index (χ1n) is 26.2. The average Bonchev–Trinajstić information content (AvgIpc) is 3.65. The Balaban J connectivity index is 0.000000185. The number of carbonyl (C=O) groups is 2. The van der Waals surface area contributed by atoms with Crippen molar-refractivity contribution >= 4 is 65.6 Å². The molecule has 0 aliphatic carbocycles. The summed E-state index contributed by atoms with van der Waals surface area (Å²) in [4.78, 5) is 24.6. The van der Waals surface area contributed by atoms with Crippen LogP contribution >= 0.6 is 14.5 Å². The lowest BCUT2D eigenvalue weighted by atomic mass is 10.1. The number of esters is 2. The van der Waals surface area contributed by atoms with E-state index in [0.717, 1.165) is 12.3 Å². The van der Waals surface area contributed by atoms with E-state index in [4.69, 9.17) is 9.47 Å². The number of rotatable bonds is 16. The molecule has 0 aliphatic rings. The SMILES string of the molecule is CC(C)OC(=O)c1ccc(C[P+](c2ccccc2)(c2ccccc2)c2ccccc2)cc1.CC(C)OC(=O)c1ccc(C[P+](c2ccccc2)(c2ccccc2)c2ccccc2)cc1.[O-]B([O-])Oc1cc(C(F)(F)F)cc(C(F)(F)F)c1. The average molecular weight is 1150 g/mol. The van der Waals surface area contributed by atoms with Gasteiger partial charge in [-0.3, -0.25) is 0 Å². The molecular weight excluding hydrogens is 1090 g/mol. The van der Waals surface area contributed by atoms with E-state index in [1.807, 2.05) is 52.0 Å². The van der Waals surface area contributed by atoms with Crippen molar-refractivity contribution in [2.24, 2.45) is 0 Å². The maximum atomic E-state index is 12.3. The van der Waals surface area contributed by atoms with E-state index in [-0.39, 0.29) is 42.3 Å². The molecule has 9 aromatic rings. The summed E-state index contributed by atoms with van der Waals surface area (Å²) in [6, 6.07) is 81.0. The second-order valence-electron chi connectivity index (χ2n) is 19.4. The maximum Gasteiger partial charge on any atom is 0.416 e. The van der Waals surface area contributed by atoms with Crippen LogP contribution in [0.1, 0.15) is 70.7 Å². The van der Waals surface area contributed by atoms with Gasteiger partial charge in [-0.1, -0.05) is 133 Å². The molecule has 16 heteroatoms. The van der Waals surface area contributed by atoms with Gasteiger partial charge in [-0.15, -0.1) is 0 Å². The number of carbonyl (C=O) groups excluding carboxylic acids is 2. The van der Waals surface area contributed by atoms with Crippen LogP contribution in [0.3, 0.4) is 0 Å². The van der Waals surface area contributed by atoms with Crippen molar-refractivity contribution in [2.75, 3.05) is 0 Å². The summed E-state index contributed by atoms with van der Waals surface area (Å²) in [6.07, 6.45) is -8.61. The van der Waals surface area contributed by atoms with E-state index in [0.29, 0.717) is 11.1 Å². The Morgan fingerprint density at radius 1 is 0.402 bits per heavy atom. The van der Waals surface area contributed by atoms with E-state index in [9.17, 15) is 46.0 Å². The van der Waals surface area contributed by atoms with Gasteiger partial charge in [-0.25, -0.2) is 9.59 Å². The van der Waals surface area contributed by atoms with Crippen molar-refractivity contribution in [1.29, 1.82) is 0 Å². The van der Waals surface area contributed by atoms with E-state index in [1.54, 1.807) is 0 Å². The molecule has 0 saturated heterocycles. The van der Waals surface area contributed by atoms with Crippen LogP contribution in [-0.2, 0) is 34.2 Å². The normalized spacial score (nSPS) is 11.6. The van der Waals surface area contributed by atoms with Gasteiger partial charge < -0.3 is 24.2 Å². The van der Waals surface area contributed by atoms with Crippen LogP contribution in [0.5, 0.6) is 5.75 Å². The summed E-state index contributed by atoms with van der Waals surface area (Å²) >= 11 is 0. The zero-order valence-electron chi connectivity index (χ0n) is 45.3. The summed E-state index contributed by atoms with van der Waals surface area (Å²) in [5.41, 5.74) is 0.268. The van der Waals surface area contributed by atoms with Gasteiger partial charge in [0.05, 0.1) is 52.5 Å². The second kappa shape index (κ2) is 28.2. The molecule has 82 heavy (non-hydrogen) atoms. The molecule has 0 spiro atoms. The Kier molecular flexibility index (Phi) is 21.3. The molecule has 9 rings (SSSR count). The van der Waals surface area contributed by atoms with Gasteiger partial charge in [0, 0.05) is 0 Å². The molecule has 420 valence electrons. The molecular formula is C66H59BF6O7P2. The highest BCUT2D eigenvalue weighted by Crippen LogP contribution is 2.59. The zero-order valence-corrected chi connectivity index (χ0v) is 47.1. The molecule has 0 amide bonds. The molecule has 0 unspecified atom stereocenters. The minimum absolute atomic E-state index is 0.130. The molecule has 0 N–H and O–H groups in total. The molecule has 0 aromatic heterocycles. The van der Waals surface area contributed by atoms with Crippen molar-refractivity contribution in [3.8, 4) is 5.75 Å². The quantitative estimate of drug-likeness (QED) is 0.0410. The summed E-state index contributed by atoms with van der Waals surface area (Å²) in [5.74, 6) is -1.63. The van der Waals surface area contributed by atoms with Gasteiger partial charge in [0.25, 0.3) is 0 Å². The van der Waals surface area contributed by atoms with Gasteiger partial charge >= 0.3 is 24.3 Å². The van der Waals surface area contributed by atoms with Crippen LogP contribution in [0.15, 0.2) is 249 Å². The predicted molar refractivity (Wildman–Crippen MR) is 315 cm³/mol. The molecule has 0 aliphatic heterocycles. The Labute approximate surface area is 476 Å². The molecule has 0 heterocycles. The Hall–Kier alpha value is -7.86.